The fourth-order valence-electron chi connectivity index (χ4n) is 4.66. The van der Waals surface area contributed by atoms with Crippen molar-refractivity contribution in [3.8, 4) is 11.5 Å². The normalized spacial score (nSPS) is 23.4. The summed E-state index contributed by atoms with van der Waals surface area (Å²) in [4.78, 5) is 28.1. The van der Waals surface area contributed by atoms with Gasteiger partial charge in [-0.15, -0.1) is 0 Å². The van der Waals surface area contributed by atoms with Crippen molar-refractivity contribution < 1.29 is 27.8 Å². The molecule has 0 spiro atoms. The molecule has 0 unspecified atom stereocenters. The van der Waals surface area contributed by atoms with Crippen LogP contribution in [-0.4, -0.2) is 35.4 Å². The third-order valence-electron chi connectivity index (χ3n) is 5.77. The zero-order valence-electron chi connectivity index (χ0n) is 16.8. The van der Waals surface area contributed by atoms with Crippen LogP contribution in [0.25, 0.3) is 0 Å². The van der Waals surface area contributed by atoms with E-state index in [2.05, 4.69) is 10.3 Å². The van der Waals surface area contributed by atoms with Gasteiger partial charge in [0.1, 0.15) is 23.9 Å². The first-order valence-corrected chi connectivity index (χ1v) is 10.2. The van der Waals surface area contributed by atoms with Crippen LogP contribution in [0.3, 0.4) is 0 Å². The molecule has 1 heterocycles. The number of halogens is 3. The Morgan fingerprint density at radius 1 is 1.13 bits per heavy atom. The first-order valence-electron chi connectivity index (χ1n) is 9.84. The number of nitrogens with one attached hydrogen (secondary N) is 1. The minimum atomic E-state index is -0.611. The molecule has 6 nitrogen and oxygen atoms in total. The number of carbonyl (C=O) groups excluding carboxylic acids is 2. The zero-order valence-corrected chi connectivity index (χ0v) is 17.6. The highest BCUT2D eigenvalue weighted by Crippen LogP contribution is 2.68. The molecule has 2 bridgehead atoms. The Bertz CT molecular complexity index is 1030. The summed E-state index contributed by atoms with van der Waals surface area (Å²) in [5, 5.41) is 2.94. The Kier molecular flexibility index (Phi) is 5.60. The van der Waals surface area contributed by atoms with E-state index < -0.39 is 11.8 Å². The largest absolute Gasteiger partial charge is 0.484 e. The van der Waals surface area contributed by atoms with Gasteiger partial charge in [0.15, 0.2) is 12.4 Å². The van der Waals surface area contributed by atoms with E-state index in [1.807, 2.05) is 0 Å². The van der Waals surface area contributed by atoms with E-state index in [1.165, 1.54) is 24.3 Å². The Labute approximate surface area is 182 Å². The molecule has 5 rings (SSSR count). The van der Waals surface area contributed by atoms with E-state index in [-0.39, 0.29) is 46.6 Å². The molecule has 1 aromatic carbocycles. The molecule has 3 aliphatic carbocycles. The lowest BCUT2D eigenvalue weighted by Crippen LogP contribution is -2.75. The summed E-state index contributed by atoms with van der Waals surface area (Å²) in [5.74, 6) is -0.933. The maximum atomic E-state index is 13.4. The predicted molar refractivity (Wildman–Crippen MR) is 108 cm³/mol. The lowest BCUT2D eigenvalue weighted by Gasteiger charge is -2.70. The third kappa shape index (κ3) is 4.63. The summed E-state index contributed by atoms with van der Waals surface area (Å²) < 4.78 is 37.2. The SMILES string of the molecule is Cc1nc(F)ccc1OCC(=O)CC12CC(NC(=O)COc3ccc(Cl)c(F)c3)(C1)C2. The number of ketones is 1. The van der Waals surface area contributed by atoms with Gasteiger partial charge in [-0.05, 0) is 55.9 Å². The standard InChI is InChI=1S/C22H21ClF2N2O4/c1-13-18(4-5-19(25)26-13)31-8-14(28)7-21-10-22(11-21,12-21)27-20(29)9-30-15-2-3-16(23)17(24)6-15/h2-6H,7-12H2,1H3,(H,27,29). The summed E-state index contributed by atoms with van der Waals surface area (Å²) in [6, 6.07) is 6.63. The first-order chi connectivity index (χ1) is 14.7. The van der Waals surface area contributed by atoms with Crippen molar-refractivity contribution in [2.45, 2.75) is 38.1 Å². The Balaban J connectivity index is 1.18. The average molecular weight is 451 g/mol. The van der Waals surface area contributed by atoms with E-state index >= 15 is 0 Å². The van der Waals surface area contributed by atoms with Crippen LogP contribution in [0.15, 0.2) is 30.3 Å². The lowest BCUT2D eigenvalue weighted by atomic mass is 9.38. The minimum absolute atomic E-state index is 0.0135. The molecule has 164 valence electrons. The molecule has 1 aromatic heterocycles. The van der Waals surface area contributed by atoms with Crippen LogP contribution < -0.4 is 14.8 Å². The van der Waals surface area contributed by atoms with Crippen molar-refractivity contribution in [1.29, 1.82) is 0 Å². The molecule has 3 saturated carbocycles. The maximum Gasteiger partial charge on any atom is 0.258 e. The second-order valence-electron chi connectivity index (χ2n) is 8.45. The van der Waals surface area contributed by atoms with Gasteiger partial charge in [0, 0.05) is 18.0 Å². The van der Waals surface area contributed by atoms with Gasteiger partial charge < -0.3 is 14.8 Å². The number of amides is 1. The molecule has 1 N–H and O–H groups in total. The van der Waals surface area contributed by atoms with Gasteiger partial charge in [-0.25, -0.2) is 9.37 Å². The van der Waals surface area contributed by atoms with Crippen LogP contribution in [0.1, 0.15) is 31.4 Å². The van der Waals surface area contributed by atoms with Gasteiger partial charge in [0.25, 0.3) is 5.91 Å². The number of aryl methyl sites for hydroxylation is 1. The molecule has 0 aliphatic heterocycles. The summed E-state index contributed by atoms with van der Waals surface area (Å²) in [5.41, 5.74) is 0.0115. The monoisotopic (exact) mass is 450 g/mol. The smallest absolute Gasteiger partial charge is 0.258 e. The van der Waals surface area contributed by atoms with E-state index in [9.17, 15) is 18.4 Å². The average Bonchev–Trinajstić information content (AvgIpc) is 2.65. The topological polar surface area (TPSA) is 77.5 Å². The molecule has 9 heteroatoms. The number of hydrogen-bond acceptors (Lipinski definition) is 5. The maximum absolute atomic E-state index is 13.4. The number of hydrogen-bond donors (Lipinski definition) is 1. The van der Waals surface area contributed by atoms with Crippen molar-refractivity contribution in [2.24, 2.45) is 5.41 Å². The van der Waals surface area contributed by atoms with Crippen LogP contribution in [0.2, 0.25) is 5.02 Å². The Morgan fingerprint density at radius 2 is 1.87 bits per heavy atom. The molecule has 1 amide bonds. The quantitative estimate of drug-likeness (QED) is 0.588. The highest BCUT2D eigenvalue weighted by atomic mass is 35.5. The second-order valence-corrected chi connectivity index (χ2v) is 8.85. The molecule has 0 radical (unpaired) electrons. The Morgan fingerprint density at radius 3 is 2.55 bits per heavy atom. The number of ether oxygens (including phenoxy) is 2. The minimum Gasteiger partial charge on any atom is -0.484 e. The predicted octanol–water partition coefficient (Wildman–Crippen LogP) is 3.78. The number of carbonyl (C=O) groups is 2. The van der Waals surface area contributed by atoms with Crippen molar-refractivity contribution in [3.63, 3.8) is 0 Å². The molecule has 0 saturated heterocycles. The van der Waals surface area contributed by atoms with E-state index in [0.29, 0.717) is 17.9 Å². The van der Waals surface area contributed by atoms with Crippen molar-refractivity contribution in [3.05, 3.63) is 52.8 Å². The second kappa shape index (κ2) is 8.07. The zero-order chi connectivity index (χ0) is 22.2. The van der Waals surface area contributed by atoms with Crippen molar-refractivity contribution in [2.75, 3.05) is 13.2 Å². The number of pyridine rings is 1. The molecule has 3 aliphatic rings. The summed E-state index contributed by atoms with van der Waals surface area (Å²) in [7, 11) is 0. The van der Waals surface area contributed by atoms with Crippen LogP contribution in [0.4, 0.5) is 8.78 Å². The molecule has 31 heavy (non-hydrogen) atoms. The van der Waals surface area contributed by atoms with Crippen molar-refractivity contribution >= 4 is 23.3 Å². The highest BCUT2D eigenvalue weighted by Gasteiger charge is 2.68. The fraction of sp³-hybridized carbons (Fsp3) is 0.409. The first kappa shape index (κ1) is 21.5. The van der Waals surface area contributed by atoms with Gasteiger partial charge >= 0.3 is 0 Å². The van der Waals surface area contributed by atoms with Gasteiger partial charge in [0.2, 0.25) is 5.95 Å². The number of aromatic nitrogens is 1. The Hall–Kier alpha value is -2.74. The number of Topliss-reactive ketones (excluding diaryl/α,β-unsaturated/α-hetero) is 1. The molecule has 0 atom stereocenters. The molecule has 2 aromatic rings. The summed E-state index contributed by atoms with van der Waals surface area (Å²) >= 11 is 5.62. The molecule has 3 fully saturated rings. The van der Waals surface area contributed by atoms with Gasteiger partial charge in [0.05, 0.1) is 10.7 Å². The van der Waals surface area contributed by atoms with Crippen LogP contribution in [-0.2, 0) is 9.59 Å². The van der Waals surface area contributed by atoms with Crippen LogP contribution in [0.5, 0.6) is 11.5 Å². The van der Waals surface area contributed by atoms with Gasteiger partial charge in [-0.3, -0.25) is 9.59 Å². The molecular formula is C22H21ClF2N2O4. The molecular weight excluding hydrogens is 430 g/mol. The van der Waals surface area contributed by atoms with Gasteiger partial charge in [-0.1, -0.05) is 11.6 Å². The van der Waals surface area contributed by atoms with Gasteiger partial charge in [-0.2, -0.15) is 4.39 Å². The fourth-order valence-corrected chi connectivity index (χ4v) is 4.78. The van der Waals surface area contributed by atoms with E-state index in [4.69, 9.17) is 21.1 Å². The van der Waals surface area contributed by atoms with E-state index in [0.717, 1.165) is 25.3 Å². The number of benzene rings is 1. The van der Waals surface area contributed by atoms with Crippen LogP contribution >= 0.6 is 11.6 Å². The highest BCUT2D eigenvalue weighted by molar-refractivity contribution is 6.30. The lowest BCUT2D eigenvalue weighted by molar-refractivity contribution is -0.173. The summed E-state index contributed by atoms with van der Waals surface area (Å²) in [6.45, 7) is 1.29. The number of nitrogens with zero attached hydrogens (tertiary/aromatic N) is 1. The number of rotatable bonds is 9. The summed E-state index contributed by atoms with van der Waals surface area (Å²) in [6.07, 6.45) is 2.55. The van der Waals surface area contributed by atoms with E-state index in [1.54, 1.807) is 6.92 Å². The van der Waals surface area contributed by atoms with Crippen molar-refractivity contribution in [1.82, 2.24) is 10.3 Å². The van der Waals surface area contributed by atoms with Crippen LogP contribution in [0, 0.1) is 24.1 Å². The third-order valence-corrected chi connectivity index (χ3v) is 6.08.